The summed E-state index contributed by atoms with van der Waals surface area (Å²) < 4.78 is 0. The van der Waals surface area contributed by atoms with E-state index in [-0.39, 0.29) is 70.9 Å². The van der Waals surface area contributed by atoms with Crippen molar-refractivity contribution in [1.82, 2.24) is 36.0 Å². The van der Waals surface area contributed by atoms with Crippen molar-refractivity contribution in [2.24, 2.45) is 0 Å². The molecule has 1 aliphatic rings. The minimum absolute atomic E-state index is 0.00188. The molecular weight excluding hydrogens is 1110 g/mol. The third-order valence-electron chi connectivity index (χ3n) is 14.0. The van der Waals surface area contributed by atoms with Crippen molar-refractivity contribution in [2.45, 2.75) is 187 Å². The molecular formula is C50H93N7O26. The topological polar surface area (TPSA) is 565 Å². The molecule has 484 valence electrons. The van der Waals surface area contributed by atoms with Crippen LogP contribution in [0.2, 0.25) is 0 Å². The number of carbonyl (C=O) groups is 6. The number of hydrogen-bond donors (Lipinski definition) is 24. The zero-order valence-electron chi connectivity index (χ0n) is 46.7. The summed E-state index contributed by atoms with van der Waals surface area (Å²) in [6.45, 7) is -4.58. The number of nitrogens with one attached hydrogen (secondary N) is 4. The Morgan fingerprint density at radius 2 is 0.771 bits per heavy atom. The third kappa shape index (κ3) is 27.0. The quantitative estimate of drug-likeness (QED) is 0.0199. The van der Waals surface area contributed by atoms with Crippen molar-refractivity contribution in [1.29, 1.82) is 0 Å². The first-order chi connectivity index (χ1) is 39.0. The van der Waals surface area contributed by atoms with Gasteiger partial charge in [0, 0.05) is 38.3 Å². The Hall–Kier alpha value is -4.12. The second kappa shape index (κ2) is 40.3. The van der Waals surface area contributed by atoms with E-state index in [1.807, 2.05) is 0 Å². The van der Waals surface area contributed by atoms with E-state index < -0.39 is 204 Å². The van der Waals surface area contributed by atoms with Crippen LogP contribution in [0.5, 0.6) is 0 Å². The number of carboxylic acid groups (broad SMARTS) is 1. The number of amides is 5. The van der Waals surface area contributed by atoms with Gasteiger partial charge in [-0.3, -0.25) is 38.7 Å². The molecule has 0 unspecified atom stereocenters. The van der Waals surface area contributed by atoms with E-state index in [9.17, 15) is 131 Å². The molecule has 1 aliphatic heterocycles. The van der Waals surface area contributed by atoms with Gasteiger partial charge in [-0.05, 0) is 90.9 Å². The first kappa shape index (κ1) is 76.9. The number of nitrogens with zero attached hydrogens (tertiary/aromatic N) is 3. The Morgan fingerprint density at radius 3 is 1.11 bits per heavy atom. The maximum Gasteiger partial charge on any atom is 0.326 e. The van der Waals surface area contributed by atoms with Gasteiger partial charge in [-0.25, -0.2) is 4.79 Å². The van der Waals surface area contributed by atoms with E-state index in [2.05, 4.69) is 21.3 Å². The van der Waals surface area contributed by atoms with Crippen LogP contribution < -0.4 is 21.3 Å². The molecule has 0 aliphatic carbocycles. The minimum atomic E-state index is -2.09. The average molecular weight is 1210 g/mol. The summed E-state index contributed by atoms with van der Waals surface area (Å²) in [7, 11) is 1.66. The molecule has 19 atom stereocenters. The lowest BCUT2D eigenvalue weighted by Gasteiger charge is -2.33. The fraction of sp³-hybridized carbons (Fsp3) is 0.840. The van der Waals surface area contributed by atoms with Crippen LogP contribution in [-0.4, -0.2) is 347 Å². The predicted octanol–water partition coefficient (Wildman–Crippen LogP) is -12.1. The van der Waals surface area contributed by atoms with E-state index in [4.69, 9.17) is 0 Å². The van der Waals surface area contributed by atoms with Crippen LogP contribution in [0.1, 0.15) is 71.1 Å². The number of aliphatic hydroxyl groups is 19. The largest absolute Gasteiger partial charge is 0.480 e. The van der Waals surface area contributed by atoms with Crippen LogP contribution in [0.15, 0.2) is 12.2 Å². The van der Waals surface area contributed by atoms with Crippen LogP contribution in [-0.2, 0) is 28.8 Å². The van der Waals surface area contributed by atoms with Gasteiger partial charge in [0.1, 0.15) is 91.8 Å². The van der Waals surface area contributed by atoms with Crippen LogP contribution in [0, 0.1) is 0 Å². The van der Waals surface area contributed by atoms with E-state index >= 15 is 0 Å². The molecule has 0 fully saturated rings. The van der Waals surface area contributed by atoms with E-state index in [1.54, 1.807) is 7.05 Å². The van der Waals surface area contributed by atoms with Crippen molar-refractivity contribution in [3.8, 4) is 0 Å². The first-order valence-corrected chi connectivity index (χ1v) is 27.5. The summed E-state index contributed by atoms with van der Waals surface area (Å²) >= 11 is 0. The van der Waals surface area contributed by atoms with E-state index in [0.29, 0.717) is 17.9 Å². The molecule has 5 amide bonds. The molecule has 33 heteroatoms. The van der Waals surface area contributed by atoms with Crippen LogP contribution >= 0.6 is 0 Å². The van der Waals surface area contributed by atoms with Gasteiger partial charge >= 0.3 is 5.97 Å². The van der Waals surface area contributed by atoms with Crippen molar-refractivity contribution in [2.75, 3.05) is 79.2 Å². The first-order valence-electron chi connectivity index (χ1n) is 27.5. The predicted molar refractivity (Wildman–Crippen MR) is 285 cm³/mol. The monoisotopic (exact) mass is 1210 g/mol. The highest BCUT2D eigenvalue weighted by molar-refractivity contribution is 6.14. The fourth-order valence-electron chi connectivity index (χ4n) is 8.72. The van der Waals surface area contributed by atoms with E-state index in [0.717, 1.165) is 12.2 Å². The summed E-state index contributed by atoms with van der Waals surface area (Å²) in [5, 5.41) is 214. The molecule has 0 aromatic rings. The maximum atomic E-state index is 14.2. The van der Waals surface area contributed by atoms with Gasteiger partial charge in [-0.2, -0.15) is 0 Å². The number of rotatable bonds is 47. The molecule has 0 saturated carbocycles. The van der Waals surface area contributed by atoms with Crippen LogP contribution in [0.25, 0.3) is 0 Å². The molecule has 0 aromatic heterocycles. The summed E-state index contributed by atoms with van der Waals surface area (Å²) in [5.41, 5.74) is 0. The Labute approximate surface area is 479 Å². The van der Waals surface area contributed by atoms with Gasteiger partial charge in [0.15, 0.2) is 0 Å². The third-order valence-corrected chi connectivity index (χ3v) is 14.0. The van der Waals surface area contributed by atoms with Crippen LogP contribution in [0.4, 0.5) is 0 Å². The number of aliphatic hydroxyl groups excluding tert-OH is 19. The summed E-state index contributed by atoms with van der Waals surface area (Å²) in [5.74, 6) is -6.20. The Kier molecular flexibility index (Phi) is 37.3. The van der Waals surface area contributed by atoms with E-state index in [1.165, 1.54) is 16.7 Å². The van der Waals surface area contributed by atoms with Gasteiger partial charge in [-0.15, -0.1) is 0 Å². The van der Waals surface area contributed by atoms with Gasteiger partial charge in [-0.1, -0.05) is 6.92 Å². The van der Waals surface area contributed by atoms with Gasteiger partial charge in [0.2, 0.25) is 17.7 Å². The number of aliphatic carboxylic acids is 1. The standard InChI is InChI=1S/C50H93N7O26/c1-3-29(61)40(72)41(73)30(62)18-56(21-33(65)44(76)47(79)36(68)25-60)17-9-6-12-28(50(82)83)54-49(81)27(10-4-7-15-51-2)53-48(80)26(52-37(69)22-57-38(70)13-14-39(57)71)11-5-8-16-55(19-31(63)42(74)45(77)34(66)23-58)20-32(64)43(75)46(78)35(67)24-59/h13-14,26-36,40-47,51,58-68,72-79H,3-12,15-25H2,1-2H3,(H,52,69)(H,53,80)(H,54,81)(H,82,83)/t26-,27-,28-,29+,30-,31-,32-,33-,34+,35+,36+,40+,41+,42+,43+,44+,45+,46+,47+/m0/s1. The van der Waals surface area contributed by atoms with Crippen molar-refractivity contribution in [3.05, 3.63) is 12.2 Å². The van der Waals surface area contributed by atoms with Crippen molar-refractivity contribution in [3.63, 3.8) is 0 Å². The SMILES string of the molecule is CC[C@@H](O)[C@@H](O)[C@H](O)[C@@H](O)CN(CCCC[C@H](NC(=O)[C@H](CCCCNC)NC(=O)[C@H](CCCCN(C[C@H](O)[C@@H](O)[C@H](O)[C@H](O)CO)C[C@H](O)[C@@H](O)[C@H](O)[C@H](O)CO)NC(=O)CN1C(=O)C=CC1=O)C(=O)O)C[C@H](O)[C@@H](O)[C@H](O)[C@H](O)CO. The molecule has 0 bridgehead atoms. The second-order valence-electron chi connectivity index (χ2n) is 20.7. The Morgan fingerprint density at radius 1 is 0.458 bits per heavy atom. The lowest BCUT2D eigenvalue weighted by atomic mass is 9.99. The van der Waals surface area contributed by atoms with Crippen LogP contribution in [0.3, 0.4) is 0 Å². The number of carbonyl (C=O) groups excluding carboxylic acids is 5. The zero-order chi connectivity index (χ0) is 63.3. The lowest BCUT2D eigenvalue weighted by molar-refractivity contribution is -0.142. The zero-order valence-corrected chi connectivity index (χ0v) is 46.7. The highest BCUT2D eigenvalue weighted by atomic mass is 16.4. The van der Waals surface area contributed by atoms with Gasteiger partial charge in [0.25, 0.3) is 11.8 Å². The molecule has 33 nitrogen and oxygen atoms in total. The highest BCUT2D eigenvalue weighted by Gasteiger charge is 2.38. The normalized spacial score (nSPS) is 20.0. The minimum Gasteiger partial charge on any atom is -0.480 e. The number of carboxylic acids is 1. The molecule has 24 N–H and O–H groups in total. The molecule has 83 heavy (non-hydrogen) atoms. The Bertz CT molecular complexity index is 1860. The molecule has 1 heterocycles. The molecule has 0 radical (unpaired) electrons. The smallest absolute Gasteiger partial charge is 0.326 e. The number of unbranched alkanes of at least 4 members (excludes halogenated alkanes) is 3. The molecule has 0 spiro atoms. The average Bonchev–Trinajstić information content (AvgIpc) is 3.85. The van der Waals surface area contributed by atoms with Gasteiger partial charge in [0.05, 0.1) is 50.3 Å². The summed E-state index contributed by atoms with van der Waals surface area (Å²) in [4.78, 5) is 81.9. The highest BCUT2D eigenvalue weighted by Crippen LogP contribution is 2.17. The second-order valence-corrected chi connectivity index (χ2v) is 20.7. The van der Waals surface area contributed by atoms with Crippen molar-refractivity contribution < 1.29 is 131 Å². The number of hydrogen-bond acceptors (Lipinski definition) is 28. The fourth-order valence-corrected chi connectivity index (χ4v) is 8.72. The maximum absolute atomic E-state index is 14.2. The Balaban J connectivity index is 3.46. The number of imide groups is 1. The summed E-state index contributed by atoms with van der Waals surface area (Å²) in [6.07, 6.45) is -28.9. The lowest BCUT2D eigenvalue weighted by Crippen LogP contribution is -2.56. The summed E-state index contributed by atoms with van der Waals surface area (Å²) in [6, 6.07) is -4.66. The molecule has 1 rings (SSSR count). The van der Waals surface area contributed by atoms with Gasteiger partial charge < -0.3 is 123 Å². The molecule has 0 saturated heterocycles. The molecule has 0 aromatic carbocycles. The van der Waals surface area contributed by atoms with Crippen molar-refractivity contribution >= 4 is 35.5 Å².